The van der Waals surface area contributed by atoms with Gasteiger partial charge >= 0.3 is 29.6 Å². The van der Waals surface area contributed by atoms with Gasteiger partial charge in [0.1, 0.15) is 0 Å². The number of likely N-dealkylation sites (tertiary alicyclic amines) is 1. The van der Waals surface area contributed by atoms with Crippen LogP contribution in [0.15, 0.2) is 18.5 Å². The third-order valence-electron chi connectivity index (χ3n) is 7.47. The first-order chi connectivity index (χ1) is 15.8. The Morgan fingerprint density at radius 3 is 2.38 bits per heavy atom. The molecule has 1 aromatic carbocycles. The van der Waals surface area contributed by atoms with Crippen LogP contribution in [0.5, 0.6) is 0 Å². The van der Waals surface area contributed by atoms with Crippen LogP contribution in [-0.2, 0) is 54.2 Å². The first kappa shape index (κ1) is 25.9. The average molecular weight is 494 g/mol. The number of fused-ring (bicyclic) bond motifs is 2. The summed E-state index contributed by atoms with van der Waals surface area (Å²) in [6, 6.07) is 1.80. The number of hydrogen-bond donors (Lipinski definition) is 1. The van der Waals surface area contributed by atoms with E-state index in [1.165, 1.54) is 22.3 Å². The summed E-state index contributed by atoms with van der Waals surface area (Å²) in [5.74, 6) is -0.596. The van der Waals surface area contributed by atoms with E-state index in [0.29, 0.717) is 0 Å². The summed E-state index contributed by atoms with van der Waals surface area (Å²) in [4.78, 5) is 15.1. The van der Waals surface area contributed by atoms with Crippen molar-refractivity contribution in [2.24, 2.45) is 7.05 Å². The quantitative estimate of drug-likeness (QED) is 0.525. The molecule has 34 heavy (non-hydrogen) atoms. The molecule has 1 N–H and O–H groups in total. The second-order valence-electron chi connectivity index (χ2n) is 9.71. The van der Waals surface area contributed by atoms with Crippen molar-refractivity contribution in [2.75, 3.05) is 13.6 Å². The molecule has 0 spiro atoms. The Hall–Kier alpha value is -1.23. The Morgan fingerprint density at radius 2 is 1.82 bits per heavy atom. The van der Waals surface area contributed by atoms with Gasteiger partial charge < -0.3 is 14.4 Å². The zero-order valence-electron chi connectivity index (χ0n) is 20.4. The first-order valence-corrected chi connectivity index (χ1v) is 13.4. The van der Waals surface area contributed by atoms with Crippen molar-refractivity contribution >= 4 is 16.1 Å². The molecule has 5 rings (SSSR count). The van der Waals surface area contributed by atoms with Crippen LogP contribution in [-0.4, -0.2) is 48.6 Å². The maximum Gasteiger partial charge on any atom is 1.00 e. The minimum Gasteiger partial charge on any atom is -0.533 e. The largest absolute Gasteiger partial charge is 1.00 e. The van der Waals surface area contributed by atoms with Gasteiger partial charge in [-0.15, -0.1) is 0 Å². The fourth-order valence-electron chi connectivity index (χ4n) is 5.98. The van der Waals surface area contributed by atoms with E-state index in [0.717, 1.165) is 69.0 Å². The number of nitrogens with zero attached hydrogens (tertiary/aromatic N) is 4. The zero-order chi connectivity index (χ0) is 23.2. The number of aromatic nitrogens is 2. The molecule has 178 valence electrons. The summed E-state index contributed by atoms with van der Waals surface area (Å²) >= 11 is 0. The van der Waals surface area contributed by atoms with Crippen LogP contribution < -0.4 is 34.3 Å². The van der Waals surface area contributed by atoms with Crippen LogP contribution in [0.2, 0.25) is 0 Å². The third-order valence-corrected chi connectivity index (χ3v) is 8.47. The van der Waals surface area contributed by atoms with Crippen molar-refractivity contribution in [1.82, 2.24) is 19.4 Å². The summed E-state index contributed by atoms with van der Waals surface area (Å²) in [7, 11) is -0.368. The number of likely N-dealkylation sites (N-methyl/N-ethyl adjacent to an activating group) is 1. The molecule has 1 amide bonds. The van der Waals surface area contributed by atoms with E-state index in [-0.39, 0.29) is 42.0 Å². The van der Waals surface area contributed by atoms with Crippen LogP contribution >= 0.6 is 0 Å². The van der Waals surface area contributed by atoms with Crippen molar-refractivity contribution < 1.29 is 42.8 Å². The maximum absolute atomic E-state index is 13.0. The molecule has 2 atom stereocenters. The first-order valence-electron chi connectivity index (χ1n) is 11.9. The van der Waals surface area contributed by atoms with Gasteiger partial charge in [0.15, 0.2) is 10.2 Å². The number of carbonyl (C=O) groups is 1. The molecule has 1 fully saturated rings. The fraction of sp³-hybridized carbons (Fsp3) is 0.583. The minimum atomic E-state index is -4.17. The van der Waals surface area contributed by atoms with Gasteiger partial charge in [0, 0.05) is 31.3 Å². The average Bonchev–Trinajstić information content (AvgIpc) is 3.53. The van der Waals surface area contributed by atoms with Gasteiger partial charge in [0.2, 0.25) is 0 Å². The van der Waals surface area contributed by atoms with E-state index in [9.17, 15) is 13.2 Å². The predicted octanol–water partition coefficient (Wildman–Crippen LogP) is -0.486. The molecule has 3 aliphatic rings. The summed E-state index contributed by atoms with van der Waals surface area (Å²) in [6.45, 7) is 0.906. The second kappa shape index (κ2) is 10.4. The van der Waals surface area contributed by atoms with Gasteiger partial charge in [-0.2, -0.15) is 5.10 Å². The standard InChI is InChI=1S/C24H33N5O3S.Na/c1-28-11-5-10-22(28)24(18-14-25-29(2)15-18)27-33(31,32)26-23(30)13-21-19-8-3-6-16(19)12-17-7-4-9-20(17)21;/h12,14-15,22,24,27H,3-11,13H2,1-2H3,(H,26,30);/q;+1/p-1/t22-,24?;/m0./s1. The zero-order valence-corrected chi connectivity index (χ0v) is 23.2. The van der Waals surface area contributed by atoms with E-state index >= 15 is 0 Å². The molecule has 0 radical (unpaired) electrons. The SMILES string of the molecule is CN1CCC[C@H]1C(NS(=O)(=O)[N-]C(=O)Cc1c2c(cc3c1CCC3)CCC2)c1cnn(C)c1.[Na+]. The molecule has 1 aliphatic heterocycles. The van der Waals surface area contributed by atoms with E-state index < -0.39 is 22.2 Å². The maximum atomic E-state index is 13.0. The van der Waals surface area contributed by atoms with E-state index in [1.807, 2.05) is 13.2 Å². The molecule has 2 aromatic rings. The molecule has 10 heteroatoms. The molecular formula is C24H32N5NaO3S. The normalized spacial score (nSPS) is 20.6. The molecule has 1 unspecified atom stereocenters. The van der Waals surface area contributed by atoms with E-state index in [4.69, 9.17) is 0 Å². The van der Waals surface area contributed by atoms with Crippen LogP contribution in [0.25, 0.3) is 4.72 Å². The van der Waals surface area contributed by atoms with Gasteiger partial charge in [0.05, 0.1) is 18.1 Å². The molecule has 2 heterocycles. The van der Waals surface area contributed by atoms with Gasteiger partial charge in [-0.05, 0) is 92.8 Å². The number of benzene rings is 1. The number of hydrogen-bond acceptors (Lipinski definition) is 5. The summed E-state index contributed by atoms with van der Waals surface area (Å²) in [5.41, 5.74) is 7.00. The Kier molecular flexibility index (Phi) is 7.91. The smallest absolute Gasteiger partial charge is 0.533 e. The molecule has 1 aromatic heterocycles. The number of rotatable bonds is 7. The second-order valence-corrected chi connectivity index (χ2v) is 11.1. The van der Waals surface area contributed by atoms with Crippen molar-refractivity contribution in [3.8, 4) is 0 Å². The van der Waals surface area contributed by atoms with Crippen LogP contribution in [0.4, 0.5) is 0 Å². The summed E-state index contributed by atoms with van der Waals surface area (Å²) < 4.78 is 34.1. The minimum absolute atomic E-state index is 0. The fourth-order valence-corrected chi connectivity index (χ4v) is 6.98. The van der Waals surface area contributed by atoms with Crippen molar-refractivity contribution in [1.29, 1.82) is 0 Å². The van der Waals surface area contributed by atoms with E-state index in [2.05, 4.69) is 25.5 Å². The monoisotopic (exact) mass is 493 g/mol. The molecular weight excluding hydrogens is 461 g/mol. The van der Waals surface area contributed by atoms with E-state index in [1.54, 1.807) is 17.9 Å². The van der Waals surface area contributed by atoms with Gasteiger partial charge in [-0.25, -0.2) is 13.1 Å². The Balaban J connectivity index is 0.00000274. The van der Waals surface area contributed by atoms with Crippen LogP contribution in [0, 0.1) is 0 Å². The van der Waals surface area contributed by atoms with Gasteiger partial charge in [-0.1, -0.05) is 6.07 Å². The molecule has 0 saturated carbocycles. The number of amides is 1. The van der Waals surface area contributed by atoms with Crippen molar-refractivity contribution in [2.45, 2.75) is 69.9 Å². The molecule has 8 nitrogen and oxygen atoms in total. The summed E-state index contributed by atoms with van der Waals surface area (Å²) in [6.07, 6.45) is 11.6. The van der Waals surface area contributed by atoms with Crippen molar-refractivity contribution in [3.05, 3.63) is 56.6 Å². The summed E-state index contributed by atoms with van der Waals surface area (Å²) in [5, 5.41) is 4.21. The predicted molar refractivity (Wildman–Crippen MR) is 126 cm³/mol. The Bertz CT molecular complexity index is 1150. The molecule has 0 bridgehead atoms. The van der Waals surface area contributed by atoms with Crippen LogP contribution in [0.3, 0.4) is 0 Å². The number of carbonyl (C=O) groups excluding carboxylic acids is 1. The van der Waals surface area contributed by atoms with Gasteiger partial charge in [0.25, 0.3) is 0 Å². The Morgan fingerprint density at radius 1 is 1.15 bits per heavy atom. The number of nitrogens with one attached hydrogen (secondary N) is 1. The Labute approximate surface area is 224 Å². The topological polar surface area (TPSA) is 98.4 Å². The van der Waals surface area contributed by atoms with Crippen molar-refractivity contribution in [3.63, 3.8) is 0 Å². The molecule has 1 saturated heterocycles. The van der Waals surface area contributed by atoms with Crippen LogP contribution in [0.1, 0.15) is 65.1 Å². The van der Waals surface area contributed by atoms with Gasteiger partial charge in [-0.3, -0.25) is 4.68 Å². The number of aryl methyl sites for hydroxylation is 3. The molecule has 2 aliphatic carbocycles. The third kappa shape index (κ3) is 5.29.